The van der Waals surface area contributed by atoms with Gasteiger partial charge in [-0.1, -0.05) is 0 Å². The lowest BCUT2D eigenvalue weighted by Gasteiger charge is -2.26. The molecule has 2 N–H and O–H groups in total. The number of ether oxygens (including phenoxy) is 2. The summed E-state index contributed by atoms with van der Waals surface area (Å²) in [6.45, 7) is 3.07. The molecule has 0 aliphatic carbocycles. The second-order valence-electron chi connectivity index (χ2n) is 4.11. The molecule has 19 heavy (non-hydrogen) atoms. The summed E-state index contributed by atoms with van der Waals surface area (Å²) in [6.07, 6.45) is 0.256. The molecule has 1 aliphatic rings. The Bertz CT molecular complexity index is 512. The Morgan fingerprint density at radius 1 is 1.47 bits per heavy atom. The molecule has 7 heteroatoms. The number of nitrogens with two attached hydrogens (primary N) is 1. The van der Waals surface area contributed by atoms with E-state index in [4.69, 9.17) is 15.2 Å². The quantitative estimate of drug-likeness (QED) is 0.835. The third kappa shape index (κ3) is 2.51. The number of esters is 1. The Balaban J connectivity index is 2.23. The first kappa shape index (κ1) is 13.7. The Labute approximate surface area is 115 Å². The average Bonchev–Trinajstić information content (AvgIpc) is 2.73. The maximum absolute atomic E-state index is 11.7. The molecule has 0 atom stereocenters. The zero-order valence-electron chi connectivity index (χ0n) is 10.9. The van der Waals surface area contributed by atoms with Crippen LogP contribution in [0.3, 0.4) is 0 Å². The van der Waals surface area contributed by atoms with Gasteiger partial charge in [0, 0.05) is 11.4 Å². The van der Waals surface area contributed by atoms with E-state index in [1.54, 1.807) is 11.8 Å². The zero-order valence-corrected chi connectivity index (χ0v) is 11.7. The van der Waals surface area contributed by atoms with Gasteiger partial charge in [0.1, 0.15) is 5.00 Å². The summed E-state index contributed by atoms with van der Waals surface area (Å²) >= 11 is 1.33. The second kappa shape index (κ2) is 5.48. The molecule has 2 rings (SSSR count). The fraction of sp³-hybridized carbons (Fsp3) is 0.500. The summed E-state index contributed by atoms with van der Waals surface area (Å²) in [5.74, 6) is -0.417. The van der Waals surface area contributed by atoms with Gasteiger partial charge in [-0.05, 0) is 18.9 Å². The van der Waals surface area contributed by atoms with Crippen LogP contribution in [0.25, 0.3) is 0 Å². The summed E-state index contributed by atoms with van der Waals surface area (Å²) < 4.78 is 9.71. The van der Waals surface area contributed by atoms with Crippen LogP contribution in [0.15, 0.2) is 0 Å². The SMILES string of the molecule is CCOC(=O)N1CCc2c(sc(N)c2C(=O)OC)C1. The van der Waals surface area contributed by atoms with E-state index in [9.17, 15) is 9.59 Å². The molecule has 1 aromatic heterocycles. The normalized spacial score (nSPS) is 13.9. The molecule has 0 bridgehead atoms. The lowest BCUT2D eigenvalue weighted by Crippen LogP contribution is -2.36. The molecule has 1 aromatic rings. The minimum atomic E-state index is -0.417. The minimum Gasteiger partial charge on any atom is -0.465 e. The van der Waals surface area contributed by atoms with Crippen molar-refractivity contribution < 1.29 is 19.1 Å². The topological polar surface area (TPSA) is 81.9 Å². The summed E-state index contributed by atoms with van der Waals surface area (Å²) in [4.78, 5) is 25.9. The summed E-state index contributed by atoms with van der Waals surface area (Å²) in [5.41, 5.74) is 7.21. The molecule has 0 aromatic carbocycles. The Kier molecular flexibility index (Phi) is 3.94. The number of rotatable bonds is 2. The number of hydrogen-bond donors (Lipinski definition) is 1. The van der Waals surface area contributed by atoms with Crippen molar-refractivity contribution in [3.05, 3.63) is 16.0 Å². The highest BCUT2D eigenvalue weighted by molar-refractivity contribution is 7.16. The van der Waals surface area contributed by atoms with E-state index in [0.29, 0.717) is 36.7 Å². The van der Waals surface area contributed by atoms with Crippen LogP contribution >= 0.6 is 11.3 Å². The van der Waals surface area contributed by atoms with Crippen molar-refractivity contribution in [2.45, 2.75) is 19.9 Å². The van der Waals surface area contributed by atoms with Gasteiger partial charge in [-0.2, -0.15) is 0 Å². The van der Waals surface area contributed by atoms with Crippen LogP contribution in [0, 0.1) is 0 Å². The zero-order chi connectivity index (χ0) is 14.0. The number of carbonyl (C=O) groups excluding carboxylic acids is 2. The number of thiophene rings is 1. The number of hydrogen-bond acceptors (Lipinski definition) is 6. The van der Waals surface area contributed by atoms with E-state index in [0.717, 1.165) is 10.4 Å². The van der Waals surface area contributed by atoms with Crippen molar-refractivity contribution >= 4 is 28.4 Å². The van der Waals surface area contributed by atoms with Gasteiger partial charge in [0.25, 0.3) is 0 Å². The molecule has 1 aliphatic heterocycles. The molecular formula is C12H16N2O4S. The number of nitrogens with zero attached hydrogens (tertiary/aromatic N) is 1. The van der Waals surface area contributed by atoms with Crippen LogP contribution in [0.4, 0.5) is 9.80 Å². The largest absolute Gasteiger partial charge is 0.465 e. The molecule has 0 spiro atoms. The number of fused-ring (bicyclic) bond motifs is 1. The first-order valence-electron chi connectivity index (χ1n) is 5.98. The molecule has 0 unspecified atom stereocenters. The van der Waals surface area contributed by atoms with E-state index in [2.05, 4.69) is 0 Å². The van der Waals surface area contributed by atoms with Gasteiger partial charge < -0.3 is 20.1 Å². The van der Waals surface area contributed by atoms with Gasteiger partial charge in [-0.25, -0.2) is 9.59 Å². The van der Waals surface area contributed by atoms with Gasteiger partial charge in [-0.15, -0.1) is 11.3 Å². The van der Waals surface area contributed by atoms with E-state index in [1.165, 1.54) is 18.4 Å². The Hall–Kier alpha value is -1.76. The van der Waals surface area contributed by atoms with Gasteiger partial charge in [0.15, 0.2) is 0 Å². The van der Waals surface area contributed by atoms with Crippen molar-refractivity contribution in [1.29, 1.82) is 0 Å². The van der Waals surface area contributed by atoms with Crippen molar-refractivity contribution in [2.75, 3.05) is 26.0 Å². The monoisotopic (exact) mass is 284 g/mol. The molecule has 104 valence electrons. The van der Waals surface area contributed by atoms with E-state index < -0.39 is 5.97 Å². The Morgan fingerprint density at radius 2 is 2.21 bits per heavy atom. The molecule has 6 nitrogen and oxygen atoms in total. The minimum absolute atomic E-state index is 0.334. The summed E-state index contributed by atoms with van der Waals surface area (Å²) in [7, 11) is 1.33. The highest BCUT2D eigenvalue weighted by atomic mass is 32.1. The lowest BCUT2D eigenvalue weighted by molar-refractivity contribution is 0.0600. The average molecular weight is 284 g/mol. The van der Waals surface area contributed by atoms with Gasteiger partial charge in [0.05, 0.1) is 25.8 Å². The third-order valence-corrected chi connectivity index (χ3v) is 4.05. The predicted molar refractivity (Wildman–Crippen MR) is 71.2 cm³/mol. The maximum Gasteiger partial charge on any atom is 0.410 e. The molecule has 0 saturated heterocycles. The lowest BCUT2D eigenvalue weighted by atomic mass is 10.0. The van der Waals surface area contributed by atoms with Crippen molar-refractivity contribution in [3.8, 4) is 0 Å². The van der Waals surface area contributed by atoms with Crippen LogP contribution in [-0.2, 0) is 22.4 Å². The number of anilines is 1. The van der Waals surface area contributed by atoms with Gasteiger partial charge in [-0.3, -0.25) is 0 Å². The molecule has 0 radical (unpaired) electrons. The number of nitrogen functional groups attached to an aromatic ring is 1. The first-order chi connectivity index (χ1) is 9.08. The van der Waals surface area contributed by atoms with Crippen LogP contribution in [0.1, 0.15) is 27.7 Å². The first-order valence-corrected chi connectivity index (χ1v) is 6.80. The highest BCUT2D eigenvalue weighted by Crippen LogP contribution is 2.35. The molecule has 0 saturated carbocycles. The van der Waals surface area contributed by atoms with Crippen LogP contribution in [-0.4, -0.2) is 37.2 Å². The molecular weight excluding hydrogens is 268 g/mol. The standard InChI is InChI=1S/C12H16N2O4S/c1-3-18-12(16)14-5-4-7-8(6-14)19-10(13)9(7)11(15)17-2/h3-6,13H2,1-2H3. The number of amides is 1. The molecule has 1 amide bonds. The predicted octanol–water partition coefficient (Wildman–Crippen LogP) is 1.63. The second-order valence-corrected chi connectivity index (χ2v) is 5.24. The summed E-state index contributed by atoms with van der Waals surface area (Å²) in [5, 5.41) is 0.447. The van der Waals surface area contributed by atoms with Crippen LogP contribution in [0.2, 0.25) is 0 Å². The Morgan fingerprint density at radius 3 is 2.84 bits per heavy atom. The maximum atomic E-state index is 11.7. The fourth-order valence-corrected chi connectivity index (χ4v) is 3.24. The fourth-order valence-electron chi connectivity index (χ4n) is 2.12. The van der Waals surface area contributed by atoms with Crippen molar-refractivity contribution in [3.63, 3.8) is 0 Å². The smallest absolute Gasteiger partial charge is 0.410 e. The van der Waals surface area contributed by atoms with E-state index in [-0.39, 0.29) is 6.09 Å². The van der Waals surface area contributed by atoms with Crippen molar-refractivity contribution in [2.24, 2.45) is 0 Å². The summed E-state index contributed by atoms with van der Waals surface area (Å²) in [6, 6.07) is 0. The van der Waals surface area contributed by atoms with E-state index in [1.807, 2.05) is 0 Å². The van der Waals surface area contributed by atoms with Crippen molar-refractivity contribution in [1.82, 2.24) is 4.90 Å². The molecule has 2 heterocycles. The van der Waals surface area contributed by atoms with Crippen LogP contribution < -0.4 is 5.73 Å². The third-order valence-electron chi connectivity index (χ3n) is 3.00. The number of carbonyl (C=O) groups is 2. The highest BCUT2D eigenvalue weighted by Gasteiger charge is 2.29. The van der Waals surface area contributed by atoms with Gasteiger partial charge >= 0.3 is 12.1 Å². The van der Waals surface area contributed by atoms with Crippen LogP contribution in [0.5, 0.6) is 0 Å². The van der Waals surface area contributed by atoms with Gasteiger partial charge in [0.2, 0.25) is 0 Å². The molecule has 0 fully saturated rings. The van der Waals surface area contributed by atoms with E-state index >= 15 is 0 Å². The number of methoxy groups -OCH3 is 1.